The van der Waals surface area contributed by atoms with Crippen LogP contribution in [0.1, 0.15) is 56.9 Å². The lowest BCUT2D eigenvalue weighted by Crippen LogP contribution is -2.37. The predicted molar refractivity (Wildman–Crippen MR) is 83.0 cm³/mol. The first-order valence-corrected chi connectivity index (χ1v) is 8.27. The fourth-order valence-corrected chi connectivity index (χ4v) is 4.14. The van der Waals surface area contributed by atoms with Gasteiger partial charge in [0.15, 0.2) is 0 Å². The molecule has 0 radical (unpaired) electrons. The van der Waals surface area contributed by atoms with Gasteiger partial charge in [-0.05, 0) is 74.6 Å². The highest BCUT2D eigenvalue weighted by atomic mass is 16.3. The largest absolute Gasteiger partial charge is 0.508 e. The van der Waals surface area contributed by atoms with Gasteiger partial charge in [-0.25, -0.2) is 0 Å². The van der Waals surface area contributed by atoms with Crippen LogP contribution in [0.15, 0.2) is 24.3 Å². The molecule has 2 fully saturated rings. The van der Waals surface area contributed by atoms with Crippen LogP contribution in [0.5, 0.6) is 5.75 Å². The molecule has 110 valence electrons. The summed E-state index contributed by atoms with van der Waals surface area (Å²) in [5.41, 5.74) is 2.05. The van der Waals surface area contributed by atoms with Crippen LogP contribution >= 0.6 is 0 Å². The molecule has 0 aliphatic heterocycles. The van der Waals surface area contributed by atoms with Gasteiger partial charge < -0.3 is 10.4 Å². The van der Waals surface area contributed by atoms with E-state index in [4.69, 9.17) is 0 Å². The molecule has 2 aliphatic rings. The van der Waals surface area contributed by atoms with Gasteiger partial charge in [-0.15, -0.1) is 0 Å². The van der Waals surface area contributed by atoms with Crippen LogP contribution in [0.3, 0.4) is 0 Å². The molecule has 0 atom stereocenters. The van der Waals surface area contributed by atoms with Gasteiger partial charge in [0.1, 0.15) is 5.75 Å². The van der Waals surface area contributed by atoms with Gasteiger partial charge in [0.05, 0.1) is 0 Å². The molecular weight excluding hydrogens is 246 g/mol. The quantitative estimate of drug-likeness (QED) is 0.868. The molecule has 0 unspecified atom stereocenters. The number of hydrogen-bond donors (Lipinski definition) is 2. The highest BCUT2D eigenvalue weighted by Crippen LogP contribution is 2.48. The van der Waals surface area contributed by atoms with Crippen molar-refractivity contribution < 1.29 is 5.11 Å². The third kappa shape index (κ3) is 3.35. The summed E-state index contributed by atoms with van der Waals surface area (Å²) in [6.45, 7) is 1.06. The fourth-order valence-electron chi connectivity index (χ4n) is 4.14. The van der Waals surface area contributed by atoms with E-state index in [1.807, 2.05) is 12.1 Å². The molecule has 2 saturated carbocycles. The van der Waals surface area contributed by atoms with Crippen molar-refractivity contribution >= 4 is 0 Å². The van der Waals surface area contributed by atoms with Crippen molar-refractivity contribution in [2.75, 3.05) is 6.54 Å². The number of aromatic hydroxyl groups is 1. The van der Waals surface area contributed by atoms with Crippen LogP contribution in [0, 0.1) is 5.41 Å². The number of hydrogen-bond acceptors (Lipinski definition) is 2. The molecule has 0 saturated heterocycles. The first-order valence-electron chi connectivity index (χ1n) is 8.27. The number of rotatable bonds is 4. The average molecular weight is 273 g/mol. The summed E-state index contributed by atoms with van der Waals surface area (Å²) < 4.78 is 0. The Morgan fingerprint density at radius 1 is 1.00 bits per heavy atom. The Hall–Kier alpha value is -1.02. The molecule has 0 amide bonds. The van der Waals surface area contributed by atoms with E-state index in [-0.39, 0.29) is 0 Å². The number of phenols is 1. The van der Waals surface area contributed by atoms with E-state index in [2.05, 4.69) is 5.32 Å². The molecule has 2 aliphatic carbocycles. The lowest BCUT2D eigenvalue weighted by Gasteiger charge is -2.37. The van der Waals surface area contributed by atoms with E-state index in [1.165, 1.54) is 56.9 Å². The van der Waals surface area contributed by atoms with Gasteiger partial charge in [-0.2, -0.15) is 0 Å². The molecule has 2 N–H and O–H groups in total. The molecule has 0 heterocycles. The zero-order chi connectivity index (χ0) is 13.8. The molecule has 20 heavy (non-hydrogen) atoms. The second-order valence-corrected chi connectivity index (χ2v) is 6.85. The molecule has 2 nitrogen and oxygen atoms in total. The van der Waals surface area contributed by atoms with E-state index in [0.717, 1.165) is 24.4 Å². The van der Waals surface area contributed by atoms with Gasteiger partial charge in [0.2, 0.25) is 0 Å². The minimum atomic E-state index is 0.357. The molecule has 3 rings (SSSR count). The van der Waals surface area contributed by atoms with E-state index < -0.39 is 0 Å². The van der Waals surface area contributed by atoms with Crippen LogP contribution in [0.2, 0.25) is 0 Å². The summed E-state index contributed by atoms with van der Waals surface area (Å²) in [4.78, 5) is 0. The maximum absolute atomic E-state index is 9.27. The van der Waals surface area contributed by atoms with Gasteiger partial charge in [-0.3, -0.25) is 0 Å². The lowest BCUT2D eigenvalue weighted by atomic mass is 9.71. The lowest BCUT2D eigenvalue weighted by molar-refractivity contribution is 0.169. The van der Waals surface area contributed by atoms with Crippen LogP contribution in [0.25, 0.3) is 0 Å². The van der Waals surface area contributed by atoms with Crippen molar-refractivity contribution in [3.63, 3.8) is 0 Å². The number of benzene rings is 1. The van der Waals surface area contributed by atoms with Crippen molar-refractivity contribution in [1.29, 1.82) is 0 Å². The van der Waals surface area contributed by atoms with Crippen LogP contribution < -0.4 is 5.32 Å². The minimum absolute atomic E-state index is 0.357. The summed E-state index contributed by atoms with van der Waals surface area (Å²) in [5, 5.41) is 13.0. The summed E-state index contributed by atoms with van der Waals surface area (Å²) >= 11 is 0. The summed E-state index contributed by atoms with van der Waals surface area (Å²) in [5.74, 6) is 0.357. The molecule has 0 bridgehead atoms. The van der Waals surface area contributed by atoms with Crippen LogP contribution in [-0.4, -0.2) is 17.7 Å². The van der Waals surface area contributed by atoms with Gasteiger partial charge in [0, 0.05) is 6.04 Å². The topological polar surface area (TPSA) is 32.3 Å². The summed E-state index contributed by atoms with van der Waals surface area (Å²) in [6.07, 6.45) is 12.6. The van der Waals surface area contributed by atoms with Crippen molar-refractivity contribution in [3.05, 3.63) is 29.8 Å². The third-order valence-corrected chi connectivity index (χ3v) is 5.49. The van der Waals surface area contributed by atoms with Crippen molar-refractivity contribution in [2.45, 2.75) is 63.8 Å². The molecule has 1 spiro atoms. The Balaban J connectivity index is 1.38. The third-order valence-electron chi connectivity index (χ3n) is 5.49. The highest BCUT2D eigenvalue weighted by Gasteiger charge is 2.37. The van der Waals surface area contributed by atoms with Gasteiger partial charge in [-0.1, -0.05) is 25.0 Å². The number of nitrogens with one attached hydrogen (secondary N) is 1. The van der Waals surface area contributed by atoms with Crippen LogP contribution in [-0.2, 0) is 6.42 Å². The molecular formula is C18H27NO. The Kier molecular flexibility index (Phi) is 4.30. The zero-order valence-corrected chi connectivity index (χ0v) is 12.4. The SMILES string of the molecule is Oc1ccc(CCNC2CCC3(CCCC3)CC2)cc1. The molecule has 1 aromatic carbocycles. The first-order chi connectivity index (χ1) is 9.76. The standard InChI is InChI=1S/C18H27NO/c20-17-5-3-15(4-6-17)9-14-19-16-7-12-18(13-8-16)10-1-2-11-18/h3-6,16,19-20H,1-2,7-14H2. The first kappa shape index (κ1) is 13.9. The Bertz CT molecular complexity index is 410. The average Bonchev–Trinajstić information content (AvgIpc) is 2.92. The maximum atomic E-state index is 9.27. The predicted octanol–water partition coefficient (Wildman–Crippen LogP) is 4.03. The normalized spacial score (nSPS) is 22.4. The highest BCUT2D eigenvalue weighted by molar-refractivity contribution is 5.25. The second-order valence-electron chi connectivity index (χ2n) is 6.85. The van der Waals surface area contributed by atoms with Gasteiger partial charge >= 0.3 is 0 Å². The smallest absolute Gasteiger partial charge is 0.115 e. The monoisotopic (exact) mass is 273 g/mol. The molecule has 1 aromatic rings. The van der Waals surface area contributed by atoms with Crippen LogP contribution in [0.4, 0.5) is 0 Å². The number of phenolic OH excluding ortho intramolecular Hbond substituents is 1. The Morgan fingerprint density at radius 2 is 1.65 bits per heavy atom. The second kappa shape index (κ2) is 6.17. The molecule has 0 aromatic heterocycles. The van der Waals surface area contributed by atoms with Gasteiger partial charge in [0.25, 0.3) is 0 Å². The molecule has 2 heteroatoms. The van der Waals surface area contributed by atoms with E-state index >= 15 is 0 Å². The van der Waals surface area contributed by atoms with Crippen molar-refractivity contribution in [1.82, 2.24) is 5.32 Å². The van der Waals surface area contributed by atoms with E-state index in [9.17, 15) is 5.11 Å². The Morgan fingerprint density at radius 3 is 2.30 bits per heavy atom. The van der Waals surface area contributed by atoms with E-state index in [0.29, 0.717) is 5.75 Å². The maximum Gasteiger partial charge on any atom is 0.115 e. The van der Waals surface area contributed by atoms with E-state index in [1.54, 1.807) is 12.1 Å². The van der Waals surface area contributed by atoms with Crippen molar-refractivity contribution in [3.8, 4) is 5.75 Å². The Labute approximate surface area is 122 Å². The summed E-state index contributed by atoms with van der Waals surface area (Å²) in [7, 11) is 0. The van der Waals surface area contributed by atoms with Crippen molar-refractivity contribution in [2.24, 2.45) is 5.41 Å². The minimum Gasteiger partial charge on any atom is -0.508 e. The zero-order valence-electron chi connectivity index (χ0n) is 12.4. The summed E-state index contributed by atoms with van der Waals surface area (Å²) in [6, 6.07) is 8.33. The fraction of sp³-hybridized carbons (Fsp3) is 0.667.